The van der Waals surface area contributed by atoms with Gasteiger partial charge in [0.1, 0.15) is 4.90 Å². The number of hydrogen-bond acceptors (Lipinski definition) is 5. The highest BCUT2D eigenvalue weighted by molar-refractivity contribution is 7.86. The average molecular weight is 280 g/mol. The molecule has 0 aromatic heterocycles. The van der Waals surface area contributed by atoms with Gasteiger partial charge in [0.2, 0.25) is 0 Å². The molecular weight excluding hydrogens is 268 g/mol. The third-order valence-corrected chi connectivity index (χ3v) is 4.09. The Bertz CT molecular complexity index is 734. The molecular formula is C13H12O5S. The van der Waals surface area contributed by atoms with Crippen LogP contribution in [0.15, 0.2) is 41.3 Å². The lowest BCUT2D eigenvalue weighted by atomic mass is 10.0. The van der Waals surface area contributed by atoms with Crippen molar-refractivity contribution < 1.29 is 22.1 Å². The van der Waals surface area contributed by atoms with Gasteiger partial charge in [0, 0.05) is 0 Å². The van der Waals surface area contributed by atoms with Crippen molar-refractivity contribution in [1.29, 1.82) is 0 Å². The van der Waals surface area contributed by atoms with Gasteiger partial charge in [-0.1, -0.05) is 30.3 Å². The van der Waals surface area contributed by atoms with Crippen molar-refractivity contribution in [3.63, 3.8) is 0 Å². The first-order chi connectivity index (χ1) is 9.01. The van der Waals surface area contributed by atoms with Crippen LogP contribution in [0.2, 0.25) is 0 Å². The number of benzene rings is 2. The molecule has 0 amide bonds. The topological polar surface area (TPSA) is 69.7 Å². The molecule has 0 saturated carbocycles. The van der Waals surface area contributed by atoms with Gasteiger partial charge in [0.15, 0.2) is 0 Å². The summed E-state index contributed by atoms with van der Waals surface area (Å²) in [5, 5.41) is 1.26. The highest BCUT2D eigenvalue weighted by Gasteiger charge is 2.25. The first-order valence-corrected chi connectivity index (χ1v) is 6.83. The fraction of sp³-hybridized carbons (Fsp3) is 0.154. The molecule has 0 aliphatic rings. The molecule has 5 nitrogen and oxygen atoms in total. The minimum absolute atomic E-state index is 0.0116. The van der Waals surface area contributed by atoms with E-state index >= 15 is 0 Å². The van der Waals surface area contributed by atoms with Crippen LogP contribution in [-0.2, 0) is 19.0 Å². The predicted octanol–water partition coefficient (Wildman–Crippen LogP) is 1.96. The first-order valence-electron chi connectivity index (χ1n) is 5.42. The van der Waals surface area contributed by atoms with Crippen molar-refractivity contribution in [2.24, 2.45) is 0 Å². The van der Waals surface area contributed by atoms with Gasteiger partial charge < -0.3 is 4.74 Å². The van der Waals surface area contributed by atoms with Crippen LogP contribution in [0, 0.1) is 0 Å². The summed E-state index contributed by atoms with van der Waals surface area (Å²) in [6.07, 6.45) is 0. The maximum absolute atomic E-state index is 11.9. The minimum Gasteiger partial charge on any atom is -0.465 e. The van der Waals surface area contributed by atoms with Crippen molar-refractivity contribution in [1.82, 2.24) is 0 Å². The van der Waals surface area contributed by atoms with E-state index in [1.807, 2.05) is 0 Å². The smallest absolute Gasteiger partial charge is 0.339 e. The molecule has 6 heteroatoms. The fourth-order valence-corrected chi connectivity index (χ4v) is 2.72. The van der Waals surface area contributed by atoms with Crippen LogP contribution in [0.5, 0.6) is 0 Å². The molecule has 0 saturated heterocycles. The van der Waals surface area contributed by atoms with E-state index in [9.17, 15) is 13.2 Å². The van der Waals surface area contributed by atoms with Crippen LogP contribution < -0.4 is 0 Å². The predicted molar refractivity (Wildman–Crippen MR) is 69.5 cm³/mol. The molecule has 2 rings (SSSR count). The largest absolute Gasteiger partial charge is 0.465 e. The second-order valence-electron chi connectivity index (χ2n) is 3.77. The Morgan fingerprint density at radius 3 is 2.37 bits per heavy atom. The number of fused-ring (bicyclic) bond motifs is 1. The Morgan fingerprint density at radius 2 is 1.74 bits per heavy atom. The molecule has 0 bridgehead atoms. The third kappa shape index (κ3) is 2.32. The van der Waals surface area contributed by atoms with Crippen molar-refractivity contribution in [3.8, 4) is 0 Å². The zero-order valence-corrected chi connectivity index (χ0v) is 11.2. The molecule has 0 fully saturated rings. The summed E-state index contributed by atoms with van der Waals surface area (Å²) < 4.78 is 32.8. The standard InChI is InChI=1S/C13H12O5S/c1-17-13(14)12-10-6-4-3-5-9(10)7-8-11(12)19(15,16)18-2/h3-8H,1-2H3. The summed E-state index contributed by atoms with van der Waals surface area (Å²) in [7, 11) is -1.73. The van der Waals surface area contributed by atoms with Crippen molar-refractivity contribution >= 4 is 26.9 Å². The Balaban J connectivity index is 2.89. The van der Waals surface area contributed by atoms with E-state index in [4.69, 9.17) is 0 Å². The Kier molecular flexibility index (Phi) is 3.55. The number of rotatable bonds is 3. The van der Waals surface area contributed by atoms with Crippen LogP contribution in [0.3, 0.4) is 0 Å². The van der Waals surface area contributed by atoms with Crippen LogP contribution >= 0.6 is 0 Å². The minimum atomic E-state index is -3.98. The summed E-state index contributed by atoms with van der Waals surface area (Å²) >= 11 is 0. The second kappa shape index (κ2) is 4.99. The SMILES string of the molecule is COC(=O)c1c(S(=O)(=O)OC)ccc2ccccc12. The maximum atomic E-state index is 11.9. The van der Waals surface area contributed by atoms with Crippen molar-refractivity contribution in [2.45, 2.75) is 4.90 Å². The van der Waals surface area contributed by atoms with Crippen LogP contribution in [0.25, 0.3) is 10.8 Å². The van der Waals surface area contributed by atoms with E-state index in [1.165, 1.54) is 13.2 Å². The van der Waals surface area contributed by atoms with Crippen LogP contribution in [0.1, 0.15) is 10.4 Å². The lowest BCUT2D eigenvalue weighted by Gasteiger charge is -2.10. The number of hydrogen-bond donors (Lipinski definition) is 0. The molecule has 0 atom stereocenters. The van der Waals surface area contributed by atoms with Gasteiger partial charge in [-0.15, -0.1) is 0 Å². The van der Waals surface area contributed by atoms with Gasteiger partial charge in [-0.05, 0) is 16.8 Å². The van der Waals surface area contributed by atoms with Gasteiger partial charge in [-0.25, -0.2) is 4.79 Å². The fourth-order valence-electron chi connectivity index (χ4n) is 1.86. The molecule has 0 spiro atoms. The molecule has 0 aliphatic heterocycles. The van der Waals surface area contributed by atoms with Gasteiger partial charge in [0.05, 0.1) is 19.8 Å². The Morgan fingerprint density at radius 1 is 1.05 bits per heavy atom. The summed E-state index contributed by atoms with van der Waals surface area (Å²) in [6, 6.07) is 9.92. The molecule has 0 heterocycles. The lowest BCUT2D eigenvalue weighted by Crippen LogP contribution is -2.12. The molecule has 100 valence electrons. The zero-order chi connectivity index (χ0) is 14.0. The molecule has 0 aliphatic carbocycles. The molecule has 0 unspecified atom stereocenters. The molecule has 0 radical (unpaired) electrons. The van der Waals surface area contributed by atoms with Crippen LogP contribution in [-0.4, -0.2) is 28.6 Å². The highest BCUT2D eigenvalue weighted by Crippen LogP contribution is 2.27. The summed E-state index contributed by atoms with van der Waals surface area (Å²) in [4.78, 5) is 11.7. The number of ether oxygens (including phenoxy) is 1. The van der Waals surface area contributed by atoms with Gasteiger partial charge in [-0.3, -0.25) is 4.18 Å². The van der Waals surface area contributed by atoms with Crippen LogP contribution in [0.4, 0.5) is 0 Å². The Hall–Kier alpha value is -1.92. The van der Waals surface area contributed by atoms with Gasteiger partial charge in [0.25, 0.3) is 10.1 Å². The first kappa shape index (κ1) is 13.5. The zero-order valence-electron chi connectivity index (χ0n) is 10.4. The summed E-state index contributed by atoms with van der Waals surface area (Å²) in [5.41, 5.74) is -0.0116. The number of carbonyl (C=O) groups is 1. The Labute approximate surface area is 110 Å². The number of esters is 1. The third-order valence-electron chi connectivity index (χ3n) is 2.77. The monoisotopic (exact) mass is 280 g/mol. The van der Waals surface area contributed by atoms with E-state index in [0.717, 1.165) is 12.5 Å². The van der Waals surface area contributed by atoms with Gasteiger partial charge in [-0.2, -0.15) is 8.42 Å². The number of methoxy groups -OCH3 is 1. The highest BCUT2D eigenvalue weighted by atomic mass is 32.2. The molecule has 19 heavy (non-hydrogen) atoms. The van der Waals surface area contributed by atoms with E-state index in [0.29, 0.717) is 5.39 Å². The summed E-state index contributed by atoms with van der Waals surface area (Å²) in [6.45, 7) is 0. The van der Waals surface area contributed by atoms with E-state index in [-0.39, 0.29) is 10.5 Å². The molecule has 2 aromatic rings. The van der Waals surface area contributed by atoms with Crippen molar-refractivity contribution in [3.05, 3.63) is 42.0 Å². The van der Waals surface area contributed by atoms with E-state index in [2.05, 4.69) is 8.92 Å². The normalized spacial score (nSPS) is 11.5. The molecule has 2 aromatic carbocycles. The van der Waals surface area contributed by atoms with E-state index < -0.39 is 16.1 Å². The van der Waals surface area contributed by atoms with E-state index in [1.54, 1.807) is 30.3 Å². The number of carbonyl (C=O) groups excluding carboxylic acids is 1. The molecule has 0 N–H and O–H groups in total. The quantitative estimate of drug-likeness (QED) is 0.635. The summed E-state index contributed by atoms with van der Waals surface area (Å²) in [5.74, 6) is -0.715. The second-order valence-corrected chi connectivity index (χ2v) is 5.45. The lowest BCUT2D eigenvalue weighted by molar-refractivity contribution is 0.0598. The van der Waals surface area contributed by atoms with Gasteiger partial charge >= 0.3 is 5.97 Å². The average Bonchev–Trinajstić information content (AvgIpc) is 2.45. The van der Waals surface area contributed by atoms with Crippen molar-refractivity contribution in [2.75, 3.05) is 14.2 Å². The maximum Gasteiger partial charge on any atom is 0.339 e.